The number of furan rings is 1. The van der Waals surface area contributed by atoms with Crippen LogP contribution in [0.25, 0.3) is 82.8 Å². The van der Waals surface area contributed by atoms with Gasteiger partial charge in [-0.05, 0) is 121 Å². The zero-order chi connectivity index (χ0) is 41.8. The number of hydrogen-bond acceptors (Lipinski definition) is 2. The zero-order valence-electron chi connectivity index (χ0n) is 36.2. The molecule has 4 heteroatoms. The molecular weight excluding hydrogens is 751 g/mol. The van der Waals surface area contributed by atoms with Crippen molar-refractivity contribution in [1.29, 1.82) is 0 Å². The van der Waals surface area contributed by atoms with Crippen molar-refractivity contribution in [2.45, 2.75) is 64.7 Å². The average Bonchev–Trinajstić information content (AvgIpc) is 3.94. The van der Waals surface area contributed by atoms with Crippen LogP contribution in [0, 0.1) is 0 Å². The molecule has 0 saturated heterocycles. The van der Waals surface area contributed by atoms with Crippen molar-refractivity contribution in [3.05, 3.63) is 173 Å². The maximum Gasteiger partial charge on any atom is 0.333 e. The van der Waals surface area contributed by atoms with Gasteiger partial charge < -0.3 is 13.8 Å². The van der Waals surface area contributed by atoms with Gasteiger partial charge in [0, 0.05) is 55.0 Å². The van der Waals surface area contributed by atoms with Gasteiger partial charge in [-0.3, -0.25) is 0 Å². The second-order valence-electron chi connectivity index (χ2n) is 20.5. The number of anilines is 2. The van der Waals surface area contributed by atoms with Gasteiger partial charge >= 0.3 is 6.85 Å². The summed E-state index contributed by atoms with van der Waals surface area (Å²) in [6.45, 7) is 16.5. The number of fused-ring (bicyclic) bond motifs is 17. The predicted octanol–water partition coefficient (Wildman–Crippen LogP) is 13.8. The number of benzene rings is 8. The summed E-state index contributed by atoms with van der Waals surface area (Å²) >= 11 is 0. The summed E-state index contributed by atoms with van der Waals surface area (Å²) in [7, 11) is 0. The Balaban J connectivity index is 1.16. The molecule has 0 saturated carbocycles. The lowest BCUT2D eigenvalue weighted by atomic mass is 9.43. The largest absolute Gasteiger partial charge is 0.456 e. The van der Waals surface area contributed by atoms with Gasteiger partial charge in [-0.2, -0.15) is 0 Å². The van der Waals surface area contributed by atoms with E-state index in [1.165, 1.54) is 111 Å². The molecule has 2 aromatic heterocycles. The summed E-state index contributed by atoms with van der Waals surface area (Å²) in [6.07, 6.45) is 0. The summed E-state index contributed by atoms with van der Waals surface area (Å²) in [5, 5.41) is 4.79. The van der Waals surface area contributed by atoms with E-state index in [0.29, 0.717) is 0 Å². The van der Waals surface area contributed by atoms with Crippen LogP contribution in [0.1, 0.15) is 76.3 Å². The Hall–Kier alpha value is -6.78. The summed E-state index contributed by atoms with van der Waals surface area (Å²) in [4.78, 5) is 2.71. The van der Waals surface area contributed by atoms with E-state index in [1.54, 1.807) is 0 Å². The SMILES string of the molecule is CC(C)(C)c1ccc(N2B3c4cc5c(cc4-n4c6cc7c(cc6c6ccc(c3c64)-c3cc4c(cc32)-c2ccccc2C4(C)C)oc2ccccc27)-c2ccccc2C5(C)C)cc1. The predicted molar refractivity (Wildman–Crippen MR) is 261 cm³/mol. The van der Waals surface area contributed by atoms with Crippen LogP contribution in [-0.4, -0.2) is 11.4 Å². The minimum atomic E-state index is -0.154. The molecule has 0 atom stereocenters. The standard InChI is InChI=1S/C58H45BN2O/c1-56(2,3)32-20-22-33(23-21-32)61-50-27-39-34-14-8-11-17-44(34)57(4,5)46(39)26-41(50)37-24-25-38-42-30-53-43(36-16-10-13-19-52(36)62-53)29-49(42)60-51-28-40-35-15-9-12-18-45(35)58(6,7)47(40)31-48(51)59(61)54(37)55(38)60/h8-31H,1-7H3. The van der Waals surface area contributed by atoms with Crippen LogP contribution < -0.4 is 15.7 Å². The van der Waals surface area contributed by atoms with Gasteiger partial charge in [-0.1, -0.05) is 146 Å². The first kappa shape index (κ1) is 34.9. The van der Waals surface area contributed by atoms with Gasteiger partial charge in [0.25, 0.3) is 0 Å². The Labute approximate surface area is 362 Å². The molecule has 0 amide bonds. The Bertz CT molecular complexity index is 3680. The molecule has 2 aliphatic carbocycles. The summed E-state index contributed by atoms with van der Waals surface area (Å²) in [6, 6.07) is 55.9. The quantitative estimate of drug-likeness (QED) is 0.154. The third kappa shape index (κ3) is 4.14. The molecule has 296 valence electrons. The molecule has 8 aromatic carbocycles. The van der Waals surface area contributed by atoms with Crippen LogP contribution in [0.2, 0.25) is 0 Å². The number of hydrogen-bond donors (Lipinski definition) is 0. The highest BCUT2D eigenvalue weighted by Crippen LogP contribution is 2.56. The van der Waals surface area contributed by atoms with E-state index in [0.717, 1.165) is 21.9 Å². The summed E-state index contributed by atoms with van der Waals surface area (Å²) < 4.78 is 9.22. The molecule has 3 nitrogen and oxygen atoms in total. The fourth-order valence-electron chi connectivity index (χ4n) is 12.4. The second kappa shape index (κ2) is 11.2. The van der Waals surface area contributed by atoms with E-state index in [1.807, 2.05) is 0 Å². The lowest BCUT2D eigenvalue weighted by molar-refractivity contribution is 0.590. The first-order valence-electron chi connectivity index (χ1n) is 22.3. The van der Waals surface area contributed by atoms with E-state index >= 15 is 0 Å². The third-order valence-corrected chi connectivity index (χ3v) is 15.5. The molecule has 14 rings (SSSR count). The van der Waals surface area contributed by atoms with Crippen molar-refractivity contribution in [2.75, 3.05) is 4.81 Å². The van der Waals surface area contributed by atoms with Gasteiger partial charge in [-0.15, -0.1) is 0 Å². The molecule has 2 aliphatic heterocycles. The molecule has 0 unspecified atom stereocenters. The molecular formula is C58H45BN2O. The highest BCUT2D eigenvalue weighted by molar-refractivity contribution is 6.93. The van der Waals surface area contributed by atoms with E-state index in [4.69, 9.17) is 4.42 Å². The minimum absolute atomic E-state index is 0.0389. The van der Waals surface area contributed by atoms with Crippen LogP contribution in [0.4, 0.5) is 11.4 Å². The molecule has 0 fully saturated rings. The maximum atomic E-state index is 6.59. The van der Waals surface area contributed by atoms with Crippen LogP contribution in [0.3, 0.4) is 0 Å². The molecule has 10 aromatic rings. The number of aromatic nitrogens is 1. The van der Waals surface area contributed by atoms with E-state index in [9.17, 15) is 0 Å². The van der Waals surface area contributed by atoms with E-state index in [-0.39, 0.29) is 23.1 Å². The first-order chi connectivity index (χ1) is 29.9. The Morgan fingerprint density at radius 1 is 0.484 bits per heavy atom. The van der Waals surface area contributed by atoms with E-state index < -0.39 is 0 Å². The number of nitrogens with zero attached hydrogens (tertiary/aromatic N) is 2. The summed E-state index contributed by atoms with van der Waals surface area (Å²) in [5.41, 5.74) is 25.5. The first-order valence-corrected chi connectivity index (χ1v) is 22.3. The maximum absolute atomic E-state index is 6.59. The Morgan fingerprint density at radius 3 is 1.84 bits per heavy atom. The highest BCUT2D eigenvalue weighted by atomic mass is 16.3. The minimum Gasteiger partial charge on any atom is -0.456 e. The van der Waals surface area contributed by atoms with Crippen molar-refractivity contribution in [1.82, 2.24) is 4.57 Å². The van der Waals surface area contributed by atoms with Crippen molar-refractivity contribution >= 4 is 72.9 Å². The van der Waals surface area contributed by atoms with Gasteiger partial charge in [0.2, 0.25) is 0 Å². The Morgan fingerprint density at radius 2 is 1.13 bits per heavy atom. The zero-order valence-corrected chi connectivity index (χ0v) is 36.2. The highest BCUT2D eigenvalue weighted by Gasteiger charge is 2.48. The van der Waals surface area contributed by atoms with Gasteiger partial charge in [-0.25, -0.2) is 0 Å². The molecule has 62 heavy (non-hydrogen) atoms. The average molecular weight is 797 g/mol. The van der Waals surface area contributed by atoms with Crippen LogP contribution in [0.5, 0.6) is 0 Å². The van der Waals surface area contributed by atoms with Crippen LogP contribution >= 0.6 is 0 Å². The van der Waals surface area contributed by atoms with Gasteiger partial charge in [0.05, 0.1) is 11.0 Å². The molecule has 0 N–H and O–H groups in total. The molecule has 0 bridgehead atoms. The van der Waals surface area contributed by atoms with Crippen molar-refractivity contribution < 1.29 is 4.42 Å². The van der Waals surface area contributed by atoms with Crippen molar-refractivity contribution in [3.8, 4) is 39.1 Å². The van der Waals surface area contributed by atoms with Gasteiger partial charge in [0.1, 0.15) is 11.2 Å². The molecule has 0 radical (unpaired) electrons. The fourth-order valence-corrected chi connectivity index (χ4v) is 12.4. The molecule has 0 spiro atoms. The lowest BCUT2D eigenvalue weighted by Crippen LogP contribution is -2.60. The summed E-state index contributed by atoms with van der Waals surface area (Å²) in [5.74, 6) is 0. The second-order valence-corrected chi connectivity index (χ2v) is 20.5. The molecule has 4 heterocycles. The number of para-hydroxylation sites is 1. The Kier molecular flexibility index (Phi) is 6.29. The number of rotatable bonds is 1. The lowest BCUT2D eigenvalue weighted by Gasteiger charge is -2.43. The normalized spacial score (nSPS) is 15.9. The molecule has 4 aliphatic rings. The van der Waals surface area contributed by atoms with Crippen LogP contribution in [-0.2, 0) is 16.2 Å². The van der Waals surface area contributed by atoms with Crippen molar-refractivity contribution in [2.24, 2.45) is 0 Å². The topological polar surface area (TPSA) is 21.3 Å². The monoisotopic (exact) mass is 796 g/mol. The van der Waals surface area contributed by atoms with Gasteiger partial charge in [0.15, 0.2) is 0 Å². The van der Waals surface area contributed by atoms with Crippen LogP contribution in [0.15, 0.2) is 150 Å². The van der Waals surface area contributed by atoms with E-state index in [2.05, 4.69) is 203 Å². The third-order valence-electron chi connectivity index (χ3n) is 15.5. The smallest absolute Gasteiger partial charge is 0.333 e. The van der Waals surface area contributed by atoms with Crippen molar-refractivity contribution in [3.63, 3.8) is 0 Å². The fraction of sp³-hybridized carbons (Fsp3) is 0.172.